The first-order valence-electron chi connectivity index (χ1n) is 8.59. The minimum Gasteiger partial charge on any atom is -0.390 e. The summed E-state index contributed by atoms with van der Waals surface area (Å²) in [5, 5.41) is 11.0. The Bertz CT molecular complexity index is 908. The predicted octanol–water partition coefficient (Wildman–Crippen LogP) is 1.08. The molecule has 1 aromatic heterocycles. The Balaban J connectivity index is 1.97. The van der Waals surface area contributed by atoms with Crippen LogP contribution in [0.5, 0.6) is 0 Å². The quantitative estimate of drug-likeness (QED) is 0.861. The number of pyridine rings is 1. The number of hydrogen-bond donors (Lipinski definition) is 1. The Morgan fingerprint density at radius 2 is 1.96 bits per heavy atom. The first-order chi connectivity index (χ1) is 12.3. The van der Waals surface area contributed by atoms with Crippen molar-refractivity contribution in [1.82, 2.24) is 14.2 Å². The smallest absolute Gasteiger partial charge is 0.245 e. The van der Waals surface area contributed by atoms with Crippen LogP contribution in [0.3, 0.4) is 0 Å². The van der Waals surface area contributed by atoms with Crippen molar-refractivity contribution in [2.45, 2.75) is 24.8 Å². The third-order valence-electron chi connectivity index (χ3n) is 4.31. The molecule has 0 saturated carbocycles. The molecule has 1 aromatic carbocycles. The fraction of sp³-hybridized carbons (Fsp3) is 0.444. The zero-order chi connectivity index (χ0) is 18.9. The second kappa shape index (κ2) is 7.30. The summed E-state index contributed by atoms with van der Waals surface area (Å²) < 4.78 is 27.4. The zero-order valence-corrected chi connectivity index (χ0v) is 15.7. The molecule has 3 rings (SSSR count). The molecule has 1 saturated heterocycles. The van der Waals surface area contributed by atoms with Gasteiger partial charge < -0.3 is 10.0 Å². The molecule has 8 heteroatoms. The molecule has 1 unspecified atom stereocenters. The number of amides is 1. The number of aromatic nitrogens is 1. The van der Waals surface area contributed by atoms with E-state index in [4.69, 9.17) is 0 Å². The van der Waals surface area contributed by atoms with Gasteiger partial charge in [0.25, 0.3) is 0 Å². The van der Waals surface area contributed by atoms with Gasteiger partial charge in [0.05, 0.1) is 18.2 Å². The average molecular weight is 377 g/mol. The van der Waals surface area contributed by atoms with Crippen LogP contribution in [0.25, 0.3) is 10.9 Å². The molecule has 140 valence electrons. The second-order valence-electron chi connectivity index (χ2n) is 6.98. The summed E-state index contributed by atoms with van der Waals surface area (Å²) in [5.74, 6) is -0.0661. The van der Waals surface area contributed by atoms with Crippen molar-refractivity contribution >= 4 is 26.8 Å². The van der Waals surface area contributed by atoms with Crippen molar-refractivity contribution in [3.63, 3.8) is 0 Å². The van der Waals surface area contributed by atoms with Crippen molar-refractivity contribution in [2.24, 2.45) is 5.92 Å². The fourth-order valence-electron chi connectivity index (χ4n) is 3.19. The van der Waals surface area contributed by atoms with Gasteiger partial charge in [-0.2, -0.15) is 4.31 Å². The molecule has 1 fully saturated rings. The van der Waals surface area contributed by atoms with E-state index in [9.17, 15) is 18.3 Å². The van der Waals surface area contributed by atoms with Crippen molar-refractivity contribution in [1.29, 1.82) is 0 Å². The van der Waals surface area contributed by atoms with Crippen LogP contribution in [0.15, 0.2) is 41.4 Å². The highest BCUT2D eigenvalue weighted by Gasteiger charge is 2.35. The molecular formula is C18H23N3O4S. The number of fused-ring (bicyclic) bond motifs is 1. The SMILES string of the molecule is CC(C)CN1CC(O)CN(S(=O)(=O)c2cccc3cccnc23)CC1=O. The Morgan fingerprint density at radius 1 is 1.23 bits per heavy atom. The van der Waals surface area contributed by atoms with Crippen molar-refractivity contribution in [2.75, 3.05) is 26.2 Å². The number of hydrogen-bond acceptors (Lipinski definition) is 5. The van der Waals surface area contributed by atoms with E-state index in [0.29, 0.717) is 17.4 Å². The molecule has 0 aliphatic carbocycles. The topological polar surface area (TPSA) is 90.8 Å². The van der Waals surface area contributed by atoms with Crippen LogP contribution in [0.1, 0.15) is 13.8 Å². The van der Waals surface area contributed by atoms with E-state index in [-0.39, 0.29) is 36.4 Å². The normalized spacial score (nSPS) is 19.9. The van der Waals surface area contributed by atoms with Gasteiger partial charge in [-0.05, 0) is 18.1 Å². The first-order valence-corrected chi connectivity index (χ1v) is 10.0. The molecule has 0 bridgehead atoms. The number of para-hydroxylation sites is 1. The van der Waals surface area contributed by atoms with Gasteiger partial charge in [-0.3, -0.25) is 9.78 Å². The van der Waals surface area contributed by atoms with Gasteiger partial charge in [-0.15, -0.1) is 0 Å². The number of rotatable bonds is 4. The Kier molecular flexibility index (Phi) is 5.27. The Hall–Kier alpha value is -2.03. The largest absolute Gasteiger partial charge is 0.390 e. The van der Waals surface area contributed by atoms with Gasteiger partial charge in [0, 0.05) is 31.2 Å². The Labute approximate surface area is 153 Å². The van der Waals surface area contributed by atoms with Crippen molar-refractivity contribution in [3.8, 4) is 0 Å². The molecule has 1 aliphatic rings. The van der Waals surface area contributed by atoms with Crippen LogP contribution >= 0.6 is 0 Å². The number of sulfonamides is 1. The molecule has 1 aliphatic heterocycles. The van der Waals surface area contributed by atoms with Gasteiger partial charge in [-0.1, -0.05) is 32.0 Å². The lowest BCUT2D eigenvalue weighted by Gasteiger charge is -2.23. The lowest BCUT2D eigenvalue weighted by molar-refractivity contribution is -0.131. The summed E-state index contributed by atoms with van der Waals surface area (Å²) in [6.45, 7) is 4.17. The van der Waals surface area contributed by atoms with Gasteiger partial charge in [-0.25, -0.2) is 8.42 Å². The average Bonchev–Trinajstić information content (AvgIpc) is 2.73. The number of aliphatic hydroxyl groups excluding tert-OH is 1. The minimum atomic E-state index is -3.97. The van der Waals surface area contributed by atoms with Crippen LogP contribution in [0, 0.1) is 5.92 Å². The monoisotopic (exact) mass is 377 g/mol. The summed E-state index contributed by atoms with van der Waals surface area (Å²) in [7, 11) is -3.97. The fourth-order valence-corrected chi connectivity index (χ4v) is 4.78. The van der Waals surface area contributed by atoms with Gasteiger partial charge in [0.2, 0.25) is 15.9 Å². The highest BCUT2D eigenvalue weighted by atomic mass is 32.2. The zero-order valence-electron chi connectivity index (χ0n) is 14.9. The van der Waals surface area contributed by atoms with E-state index in [2.05, 4.69) is 4.98 Å². The van der Waals surface area contributed by atoms with E-state index in [1.165, 1.54) is 17.2 Å². The standard InChI is InChI=1S/C18H23N3O4S/c1-13(2)9-20-10-15(22)11-21(12-17(20)23)26(24,25)16-7-3-5-14-6-4-8-19-18(14)16/h3-8,13,15,22H,9-12H2,1-2H3. The molecular weight excluding hydrogens is 354 g/mol. The van der Waals surface area contributed by atoms with Gasteiger partial charge in [0.15, 0.2) is 0 Å². The molecule has 1 atom stereocenters. The van der Waals surface area contributed by atoms with Crippen LogP contribution in [0.4, 0.5) is 0 Å². The van der Waals surface area contributed by atoms with Crippen LogP contribution in [-0.2, 0) is 14.8 Å². The van der Waals surface area contributed by atoms with Crippen LogP contribution < -0.4 is 0 Å². The third-order valence-corrected chi connectivity index (χ3v) is 6.15. The maximum absolute atomic E-state index is 13.2. The lowest BCUT2D eigenvalue weighted by atomic mass is 10.2. The number of carbonyl (C=O) groups excluding carboxylic acids is 1. The summed E-state index contributed by atoms with van der Waals surface area (Å²) in [5.41, 5.74) is 0.361. The molecule has 2 heterocycles. The first kappa shape index (κ1) is 18.8. The Morgan fingerprint density at radius 3 is 2.69 bits per heavy atom. The van der Waals surface area contributed by atoms with Crippen LogP contribution in [0.2, 0.25) is 0 Å². The van der Waals surface area contributed by atoms with E-state index in [1.807, 2.05) is 13.8 Å². The second-order valence-corrected chi connectivity index (χ2v) is 8.88. The van der Waals surface area contributed by atoms with E-state index >= 15 is 0 Å². The maximum atomic E-state index is 13.2. The van der Waals surface area contributed by atoms with Crippen molar-refractivity contribution in [3.05, 3.63) is 36.5 Å². The number of β-amino-alcohol motifs (C(OH)–C–C–N with tert-alkyl or cyclic N) is 1. The number of carbonyl (C=O) groups is 1. The van der Waals surface area contributed by atoms with Crippen molar-refractivity contribution < 1.29 is 18.3 Å². The molecule has 1 amide bonds. The summed E-state index contributed by atoms with van der Waals surface area (Å²) in [4.78, 5) is 18.3. The van der Waals surface area contributed by atoms with Crippen LogP contribution in [-0.4, -0.2) is 65.9 Å². The molecule has 2 aromatic rings. The van der Waals surface area contributed by atoms with E-state index in [1.54, 1.807) is 24.3 Å². The van der Waals surface area contributed by atoms with E-state index in [0.717, 1.165) is 4.31 Å². The summed E-state index contributed by atoms with van der Waals surface area (Å²) in [6, 6.07) is 8.44. The molecule has 1 N–H and O–H groups in total. The third kappa shape index (κ3) is 3.72. The molecule has 0 spiro atoms. The van der Waals surface area contributed by atoms with Gasteiger partial charge >= 0.3 is 0 Å². The van der Waals surface area contributed by atoms with E-state index < -0.39 is 16.1 Å². The molecule has 7 nitrogen and oxygen atoms in total. The molecule has 26 heavy (non-hydrogen) atoms. The molecule has 0 radical (unpaired) electrons. The van der Waals surface area contributed by atoms with Gasteiger partial charge in [0.1, 0.15) is 4.90 Å². The number of aliphatic hydroxyl groups is 1. The minimum absolute atomic E-state index is 0.0490. The summed E-state index contributed by atoms with van der Waals surface area (Å²) in [6.07, 6.45) is 0.603. The number of benzene rings is 1. The highest BCUT2D eigenvalue weighted by molar-refractivity contribution is 7.89. The summed E-state index contributed by atoms with van der Waals surface area (Å²) >= 11 is 0. The predicted molar refractivity (Wildman–Crippen MR) is 97.9 cm³/mol. The maximum Gasteiger partial charge on any atom is 0.245 e. The highest BCUT2D eigenvalue weighted by Crippen LogP contribution is 2.25. The number of nitrogens with zero attached hydrogens (tertiary/aromatic N) is 3. The lowest BCUT2D eigenvalue weighted by Crippen LogP contribution is -2.40.